The summed E-state index contributed by atoms with van der Waals surface area (Å²) < 4.78 is 30.7. The molecule has 0 amide bonds. The van der Waals surface area contributed by atoms with Gasteiger partial charge >= 0.3 is 0 Å². The molecule has 0 unspecified atom stereocenters. The van der Waals surface area contributed by atoms with Crippen molar-refractivity contribution in [1.82, 2.24) is 4.57 Å². The van der Waals surface area contributed by atoms with Crippen LogP contribution in [0.25, 0.3) is 21.9 Å². The Morgan fingerprint density at radius 1 is 1.00 bits per heavy atom. The molecule has 3 rings (SSSR count). The minimum atomic E-state index is -3.35. The van der Waals surface area contributed by atoms with Gasteiger partial charge in [0.1, 0.15) is 5.75 Å². The van der Waals surface area contributed by atoms with E-state index in [4.69, 9.17) is 4.74 Å². The van der Waals surface area contributed by atoms with Gasteiger partial charge in [-0.05, 0) is 29.7 Å². The molecule has 1 heterocycles. The summed E-state index contributed by atoms with van der Waals surface area (Å²) in [5.41, 5.74) is 1.27. The summed E-state index contributed by atoms with van der Waals surface area (Å²) in [6, 6.07) is 12.0. The Labute approximate surface area is 140 Å². The van der Waals surface area contributed by atoms with Gasteiger partial charge in [0.2, 0.25) is 0 Å². The van der Waals surface area contributed by atoms with Gasteiger partial charge in [-0.15, -0.1) is 0 Å². The largest absolute Gasteiger partial charge is 0.496 e. The molecule has 24 heavy (non-hydrogen) atoms. The second-order valence-electron chi connectivity index (χ2n) is 5.64. The number of hydrogen-bond acceptors (Lipinski definition) is 4. The Morgan fingerprint density at radius 3 is 2.29 bits per heavy atom. The molecule has 0 aliphatic heterocycles. The third kappa shape index (κ3) is 2.69. The lowest BCUT2D eigenvalue weighted by molar-refractivity contribution is 0.416. The van der Waals surface area contributed by atoms with E-state index in [0.717, 1.165) is 17.2 Å². The molecule has 0 spiro atoms. The number of pyridine rings is 1. The van der Waals surface area contributed by atoms with Crippen LogP contribution < -0.4 is 10.3 Å². The molecule has 0 saturated heterocycles. The second kappa shape index (κ2) is 5.79. The van der Waals surface area contributed by atoms with Crippen LogP contribution in [0, 0.1) is 0 Å². The minimum absolute atomic E-state index is 0.104. The first-order chi connectivity index (χ1) is 11.3. The fourth-order valence-electron chi connectivity index (χ4n) is 2.76. The number of aromatic nitrogens is 1. The minimum Gasteiger partial charge on any atom is -0.496 e. The Bertz CT molecular complexity index is 1100. The van der Waals surface area contributed by atoms with Gasteiger partial charge in [-0.2, -0.15) is 0 Å². The highest BCUT2D eigenvalue weighted by atomic mass is 32.2. The number of sulfone groups is 1. The number of hydrogen-bond donors (Lipinski definition) is 0. The summed E-state index contributed by atoms with van der Waals surface area (Å²) in [4.78, 5) is 12.5. The lowest BCUT2D eigenvalue weighted by Crippen LogP contribution is -2.16. The van der Waals surface area contributed by atoms with Crippen molar-refractivity contribution in [3.8, 4) is 16.9 Å². The predicted molar refractivity (Wildman–Crippen MR) is 94.3 cm³/mol. The van der Waals surface area contributed by atoms with Gasteiger partial charge in [0.15, 0.2) is 9.84 Å². The molecular formula is C18H17NO4S. The smallest absolute Gasteiger partial charge is 0.258 e. The van der Waals surface area contributed by atoms with Crippen molar-refractivity contribution in [1.29, 1.82) is 0 Å². The van der Waals surface area contributed by atoms with Gasteiger partial charge in [0.05, 0.1) is 12.0 Å². The van der Waals surface area contributed by atoms with Gasteiger partial charge in [-0.1, -0.05) is 18.2 Å². The van der Waals surface area contributed by atoms with E-state index in [1.165, 1.54) is 17.7 Å². The summed E-state index contributed by atoms with van der Waals surface area (Å²) in [7, 11) is -0.151. The van der Waals surface area contributed by atoms with E-state index in [9.17, 15) is 13.2 Å². The van der Waals surface area contributed by atoms with E-state index < -0.39 is 9.84 Å². The van der Waals surface area contributed by atoms with Crippen LogP contribution in [0.1, 0.15) is 0 Å². The average molecular weight is 343 g/mol. The number of fused-ring (bicyclic) bond motifs is 1. The zero-order chi connectivity index (χ0) is 17.5. The first-order valence-corrected chi connectivity index (χ1v) is 9.19. The summed E-state index contributed by atoms with van der Waals surface area (Å²) in [5.74, 6) is 0.547. The first-order valence-electron chi connectivity index (χ1n) is 7.30. The van der Waals surface area contributed by atoms with E-state index in [1.54, 1.807) is 37.5 Å². The molecule has 0 aliphatic carbocycles. The molecule has 3 aromatic rings. The molecule has 0 aliphatic rings. The van der Waals surface area contributed by atoms with E-state index >= 15 is 0 Å². The third-order valence-electron chi connectivity index (χ3n) is 3.98. The van der Waals surface area contributed by atoms with Crippen LogP contribution in [0.15, 0.2) is 58.4 Å². The van der Waals surface area contributed by atoms with Crippen LogP contribution in [0.2, 0.25) is 0 Å². The van der Waals surface area contributed by atoms with Crippen molar-refractivity contribution in [3.63, 3.8) is 0 Å². The predicted octanol–water partition coefficient (Wildman–Crippen LogP) is 2.62. The normalized spacial score (nSPS) is 11.6. The molecule has 0 fully saturated rings. The highest BCUT2D eigenvalue weighted by Crippen LogP contribution is 2.35. The van der Waals surface area contributed by atoms with Crippen LogP contribution in [0.5, 0.6) is 5.75 Å². The van der Waals surface area contributed by atoms with E-state index in [0.29, 0.717) is 16.7 Å². The number of ether oxygens (including phenoxy) is 1. The lowest BCUT2D eigenvalue weighted by atomic mass is 10.00. The highest BCUT2D eigenvalue weighted by molar-refractivity contribution is 7.90. The average Bonchev–Trinajstić information content (AvgIpc) is 2.57. The maximum atomic E-state index is 12.3. The molecule has 6 heteroatoms. The number of nitrogens with zero attached hydrogens (tertiary/aromatic N) is 1. The molecule has 5 nitrogen and oxygen atoms in total. The first kappa shape index (κ1) is 16.3. The lowest BCUT2D eigenvalue weighted by Gasteiger charge is -2.14. The maximum absolute atomic E-state index is 12.3. The van der Waals surface area contributed by atoms with Crippen molar-refractivity contribution < 1.29 is 13.2 Å². The van der Waals surface area contributed by atoms with Gasteiger partial charge in [0.25, 0.3) is 5.56 Å². The van der Waals surface area contributed by atoms with Crippen molar-refractivity contribution in [2.75, 3.05) is 13.4 Å². The van der Waals surface area contributed by atoms with Crippen molar-refractivity contribution in [2.45, 2.75) is 4.90 Å². The van der Waals surface area contributed by atoms with Crippen molar-refractivity contribution in [3.05, 3.63) is 59.0 Å². The topological polar surface area (TPSA) is 65.4 Å². The number of benzene rings is 2. The summed E-state index contributed by atoms with van der Waals surface area (Å²) >= 11 is 0. The summed E-state index contributed by atoms with van der Waals surface area (Å²) in [6.07, 6.45) is 2.87. The zero-order valence-corrected chi connectivity index (χ0v) is 14.4. The van der Waals surface area contributed by atoms with Gasteiger partial charge < -0.3 is 9.30 Å². The SMILES string of the molecule is COc1ccc(S(C)(=O)=O)cc1-c1cn(C)c(=O)c2ccccc12. The van der Waals surface area contributed by atoms with E-state index in [1.807, 2.05) is 12.1 Å². The van der Waals surface area contributed by atoms with Gasteiger partial charge in [0, 0.05) is 36.0 Å². The van der Waals surface area contributed by atoms with Crippen LogP contribution in [0.3, 0.4) is 0 Å². The standard InChI is InChI=1S/C18H17NO4S/c1-19-11-16(13-6-4-5-7-14(13)18(19)20)15-10-12(24(3,21)22)8-9-17(15)23-2/h4-11H,1-3H3. The van der Waals surface area contributed by atoms with Gasteiger partial charge in [-0.25, -0.2) is 8.42 Å². The second-order valence-corrected chi connectivity index (χ2v) is 7.65. The molecule has 0 bridgehead atoms. The number of methoxy groups -OCH3 is 1. The van der Waals surface area contributed by atoms with Crippen LogP contribution in [-0.2, 0) is 16.9 Å². The third-order valence-corrected chi connectivity index (χ3v) is 5.09. The Morgan fingerprint density at radius 2 is 1.67 bits per heavy atom. The Hall–Kier alpha value is -2.60. The fourth-order valence-corrected chi connectivity index (χ4v) is 3.41. The Kier molecular flexibility index (Phi) is 3.93. The number of rotatable bonds is 3. The molecule has 0 radical (unpaired) electrons. The molecule has 1 aromatic heterocycles. The summed E-state index contributed by atoms with van der Waals surface area (Å²) in [5, 5.41) is 1.33. The van der Waals surface area contributed by atoms with E-state index in [-0.39, 0.29) is 10.5 Å². The highest BCUT2D eigenvalue weighted by Gasteiger charge is 2.16. The molecule has 124 valence electrons. The summed E-state index contributed by atoms with van der Waals surface area (Å²) in [6.45, 7) is 0. The van der Waals surface area contributed by atoms with E-state index in [2.05, 4.69) is 0 Å². The van der Waals surface area contributed by atoms with Crippen molar-refractivity contribution in [2.24, 2.45) is 7.05 Å². The molecular weight excluding hydrogens is 326 g/mol. The van der Waals surface area contributed by atoms with Crippen LogP contribution in [0.4, 0.5) is 0 Å². The molecule has 0 atom stereocenters. The van der Waals surface area contributed by atoms with Crippen molar-refractivity contribution >= 4 is 20.6 Å². The number of aryl methyl sites for hydroxylation is 1. The Balaban J connectivity index is 2.44. The fraction of sp³-hybridized carbons (Fsp3) is 0.167. The quantitative estimate of drug-likeness (QED) is 0.733. The monoisotopic (exact) mass is 343 g/mol. The van der Waals surface area contributed by atoms with Crippen LogP contribution >= 0.6 is 0 Å². The molecule has 2 aromatic carbocycles. The molecule has 0 N–H and O–H groups in total. The maximum Gasteiger partial charge on any atom is 0.258 e. The molecule has 0 saturated carbocycles. The zero-order valence-electron chi connectivity index (χ0n) is 13.6. The van der Waals surface area contributed by atoms with Crippen LogP contribution in [-0.4, -0.2) is 26.4 Å². The van der Waals surface area contributed by atoms with Gasteiger partial charge in [-0.3, -0.25) is 4.79 Å².